The summed E-state index contributed by atoms with van der Waals surface area (Å²) in [6, 6.07) is 16.1. The van der Waals surface area contributed by atoms with Crippen LogP contribution < -0.4 is 10.2 Å². The van der Waals surface area contributed by atoms with Gasteiger partial charge >= 0.3 is 6.18 Å². The van der Waals surface area contributed by atoms with Gasteiger partial charge in [-0.3, -0.25) is 14.9 Å². The van der Waals surface area contributed by atoms with Gasteiger partial charge < -0.3 is 15.3 Å². The number of phenols is 1. The number of anilines is 1. The van der Waals surface area contributed by atoms with E-state index >= 15 is 0 Å². The highest BCUT2D eigenvalue weighted by Gasteiger charge is 2.39. The van der Waals surface area contributed by atoms with Gasteiger partial charge in [0, 0.05) is 48.3 Å². The first kappa shape index (κ1) is 26.7. The lowest BCUT2D eigenvalue weighted by molar-refractivity contribution is -0.384. The Labute approximate surface area is 226 Å². The quantitative estimate of drug-likeness (QED) is 0.249. The Balaban J connectivity index is 1.60. The molecule has 0 saturated carbocycles. The summed E-state index contributed by atoms with van der Waals surface area (Å²) in [5.41, 5.74) is 0.548. The van der Waals surface area contributed by atoms with Crippen molar-refractivity contribution in [2.24, 2.45) is 0 Å². The van der Waals surface area contributed by atoms with Crippen LogP contribution in [0.3, 0.4) is 0 Å². The molecule has 0 saturated heterocycles. The molecular weight excluding hydrogens is 527 g/mol. The predicted octanol–water partition coefficient (Wildman–Crippen LogP) is 5.28. The lowest BCUT2D eigenvalue weighted by atomic mass is 9.82. The second-order valence-electron chi connectivity index (χ2n) is 9.38. The van der Waals surface area contributed by atoms with Crippen molar-refractivity contribution < 1.29 is 28.0 Å². The molecule has 0 radical (unpaired) electrons. The van der Waals surface area contributed by atoms with Gasteiger partial charge in [-0.05, 0) is 42.8 Å². The number of phenolic OH excluding ortho intramolecular Hbond substituents is 1. The Kier molecular flexibility index (Phi) is 6.92. The normalized spacial score (nSPS) is 16.9. The number of fused-ring (bicyclic) bond motifs is 1. The maximum Gasteiger partial charge on any atom is 0.416 e. The molecule has 40 heavy (non-hydrogen) atoms. The van der Waals surface area contributed by atoms with Gasteiger partial charge in [-0.25, -0.2) is 4.68 Å². The third-order valence-corrected chi connectivity index (χ3v) is 6.89. The van der Waals surface area contributed by atoms with Crippen LogP contribution in [0.5, 0.6) is 5.75 Å². The lowest BCUT2D eigenvalue weighted by Crippen LogP contribution is -2.51. The SMILES string of the molecule is CCN1C[C@@H](NC(=O)c2cccc(C(F)(F)F)c2)[C@H](c2cccc([N+](=O)[O-])c2)c2cnn(-c3cccc(O)c3)c21. The molecule has 5 rings (SSSR count). The van der Waals surface area contributed by atoms with Gasteiger partial charge in [-0.2, -0.15) is 18.3 Å². The van der Waals surface area contributed by atoms with Crippen molar-refractivity contribution in [1.82, 2.24) is 15.1 Å². The highest BCUT2D eigenvalue weighted by atomic mass is 19.4. The number of nitro groups is 1. The summed E-state index contributed by atoms with van der Waals surface area (Å²) in [5.74, 6) is -0.596. The summed E-state index contributed by atoms with van der Waals surface area (Å²) >= 11 is 0. The van der Waals surface area contributed by atoms with Crippen LogP contribution in [0.4, 0.5) is 24.7 Å². The van der Waals surface area contributed by atoms with E-state index in [4.69, 9.17) is 0 Å². The van der Waals surface area contributed by atoms with E-state index in [9.17, 15) is 33.2 Å². The number of nitrogens with one attached hydrogen (secondary N) is 1. The predicted molar refractivity (Wildman–Crippen MR) is 141 cm³/mol. The number of nitrogens with zero attached hydrogens (tertiary/aromatic N) is 4. The fraction of sp³-hybridized carbons (Fsp3) is 0.214. The standard InChI is InChI=1S/C28H24F3N5O4/c1-2-34-16-24(33-26(38)18-7-3-8-19(12-18)28(29,30)31)25(17-6-4-10-21(13-17)36(39)40)23-15-32-35(27(23)34)20-9-5-11-22(37)14-20/h3-15,24-25,37H,2,16H2,1H3,(H,33,38)/t24-,25-/m1/s1. The molecule has 0 spiro atoms. The van der Waals surface area contributed by atoms with Gasteiger partial charge in [0.25, 0.3) is 11.6 Å². The number of benzene rings is 3. The molecule has 0 unspecified atom stereocenters. The van der Waals surface area contributed by atoms with Crippen LogP contribution in [-0.4, -0.2) is 44.8 Å². The molecule has 0 bridgehead atoms. The van der Waals surface area contributed by atoms with Gasteiger partial charge in [-0.1, -0.05) is 24.3 Å². The molecule has 3 aromatic carbocycles. The second-order valence-corrected chi connectivity index (χ2v) is 9.38. The third-order valence-electron chi connectivity index (χ3n) is 6.89. The second kappa shape index (κ2) is 10.4. The molecule has 1 amide bonds. The minimum absolute atomic E-state index is 0.0436. The summed E-state index contributed by atoms with van der Waals surface area (Å²) in [4.78, 5) is 26.3. The molecule has 2 N–H and O–H groups in total. The highest BCUT2D eigenvalue weighted by Crippen LogP contribution is 2.42. The maximum absolute atomic E-state index is 13.3. The molecule has 206 valence electrons. The molecule has 1 aliphatic rings. The smallest absolute Gasteiger partial charge is 0.416 e. The summed E-state index contributed by atoms with van der Waals surface area (Å²) in [5, 5.41) is 29.0. The largest absolute Gasteiger partial charge is 0.508 e. The minimum atomic E-state index is -4.61. The van der Waals surface area contributed by atoms with E-state index in [1.54, 1.807) is 41.2 Å². The molecular formula is C28H24F3N5O4. The third kappa shape index (κ3) is 5.07. The number of carbonyl (C=O) groups is 1. The molecule has 12 heteroatoms. The van der Waals surface area contributed by atoms with Crippen LogP contribution in [-0.2, 0) is 6.18 Å². The number of nitro benzene ring substituents is 1. The monoisotopic (exact) mass is 551 g/mol. The van der Waals surface area contributed by atoms with E-state index in [2.05, 4.69) is 10.4 Å². The lowest BCUT2D eigenvalue weighted by Gasteiger charge is -2.40. The number of hydrogen-bond donors (Lipinski definition) is 2. The number of aromatic nitrogens is 2. The van der Waals surface area contributed by atoms with E-state index < -0.39 is 34.5 Å². The van der Waals surface area contributed by atoms with Crippen molar-refractivity contribution in [1.29, 1.82) is 0 Å². The first-order chi connectivity index (χ1) is 19.1. The van der Waals surface area contributed by atoms with E-state index in [0.717, 1.165) is 12.1 Å². The van der Waals surface area contributed by atoms with Gasteiger partial charge in [-0.15, -0.1) is 0 Å². The molecule has 4 aromatic rings. The molecule has 2 heterocycles. The van der Waals surface area contributed by atoms with E-state index in [1.165, 1.54) is 30.3 Å². The Morgan fingerprint density at radius 3 is 2.58 bits per heavy atom. The average molecular weight is 552 g/mol. The van der Waals surface area contributed by atoms with Crippen molar-refractivity contribution >= 4 is 17.4 Å². The minimum Gasteiger partial charge on any atom is -0.508 e. The summed E-state index contributed by atoms with van der Waals surface area (Å²) in [6.45, 7) is 2.64. The van der Waals surface area contributed by atoms with Crippen molar-refractivity contribution in [2.45, 2.75) is 25.1 Å². The van der Waals surface area contributed by atoms with E-state index in [1.807, 2.05) is 11.8 Å². The maximum atomic E-state index is 13.3. The highest BCUT2D eigenvalue weighted by molar-refractivity contribution is 5.94. The van der Waals surface area contributed by atoms with Crippen molar-refractivity contribution in [3.8, 4) is 11.4 Å². The zero-order chi connectivity index (χ0) is 28.6. The van der Waals surface area contributed by atoms with Crippen molar-refractivity contribution in [3.63, 3.8) is 0 Å². The Hall–Kier alpha value is -4.87. The van der Waals surface area contributed by atoms with E-state index in [-0.39, 0.29) is 23.5 Å². The summed E-state index contributed by atoms with van der Waals surface area (Å²) in [6.07, 6.45) is -3.00. The number of amides is 1. The number of aromatic hydroxyl groups is 1. The van der Waals surface area contributed by atoms with Crippen LogP contribution in [0.1, 0.15) is 39.9 Å². The molecule has 9 nitrogen and oxygen atoms in total. The summed E-state index contributed by atoms with van der Waals surface area (Å²) in [7, 11) is 0. The molecule has 2 atom stereocenters. The van der Waals surface area contributed by atoms with Crippen LogP contribution >= 0.6 is 0 Å². The first-order valence-electron chi connectivity index (χ1n) is 12.4. The van der Waals surface area contributed by atoms with Crippen molar-refractivity contribution in [2.75, 3.05) is 18.0 Å². The Morgan fingerprint density at radius 1 is 1.12 bits per heavy atom. The number of carbonyl (C=O) groups excluding carboxylic acids is 1. The van der Waals surface area contributed by atoms with Gasteiger partial charge in [0.15, 0.2) is 0 Å². The zero-order valence-electron chi connectivity index (χ0n) is 21.2. The number of hydrogen-bond acceptors (Lipinski definition) is 6. The average Bonchev–Trinajstić information content (AvgIpc) is 3.37. The van der Waals surface area contributed by atoms with E-state index in [0.29, 0.717) is 29.2 Å². The number of halogens is 3. The number of alkyl halides is 3. The molecule has 1 aliphatic heterocycles. The van der Waals surface area contributed by atoms with Gasteiger partial charge in [0.1, 0.15) is 11.6 Å². The van der Waals surface area contributed by atoms with Gasteiger partial charge in [0.05, 0.1) is 28.4 Å². The van der Waals surface area contributed by atoms with Crippen LogP contribution in [0, 0.1) is 10.1 Å². The number of non-ortho nitro benzene ring substituents is 1. The van der Waals surface area contributed by atoms with Gasteiger partial charge in [0.2, 0.25) is 0 Å². The Morgan fingerprint density at radius 2 is 1.88 bits per heavy atom. The first-order valence-corrected chi connectivity index (χ1v) is 12.4. The summed E-state index contributed by atoms with van der Waals surface area (Å²) < 4.78 is 41.5. The number of rotatable bonds is 6. The fourth-order valence-electron chi connectivity index (χ4n) is 5.09. The van der Waals surface area contributed by atoms with Crippen molar-refractivity contribution in [3.05, 3.63) is 111 Å². The van der Waals surface area contributed by atoms with Crippen LogP contribution in [0.15, 0.2) is 79.0 Å². The molecule has 1 aromatic heterocycles. The van der Waals surface area contributed by atoms with Crippen LogP contribution in [0.2, 0.25) is 0 Å². The topological polar surface area (TPSA) is 114 Å². The van der Waals surface area contributed by atoms with Crippen LogP contribution in [0.25, 0.3) is 5.69 Å². The molecule has 0 aliphatic carbocycles. The zero-order valence-corrected chi connectivity index (χ0v) is 21.2. The molecule has 0 fully saturated rings. The number of likely N-dealkylation sites (N-methyl/N-ethyl adjacent to an activating group) is 1. The fourth-order valence-corrected chi connectivity index (χ4v) is 5.09. The Bertz CT molecular complexity index is 1590.